The average molecular weight is 466 g/mol. The molecule has 34 heavy (non-hydrogen) atoms. The van der Waals surface area contributed by atoms with E-state index in [1.807, 2.05) is 45.1 Å². The van der Waals surface area contributed by atoms with Crippen molar-refractivity contribution in [2.45, 2.75) is 32.5 Å². The highest BCUT2D eigenvalue weighted by Crippen LogP contribution is 2.27. The van der Waals surface area contributed by atoms with E-state index in [9.17, 15) is 9.90 Å². The lowest BCUT2D eigenvalue weighted by molar-refractivity contribution is 0.0325. The Bertz CT molecular complexity index is 1020. The standard InChI is InChI=1S/C26H35N5O3/c1-19-15-31(20(2)18-32)26(33)23-13-22(7-6-12-29(3)4)14-28-25(23)34-24(19)17-30(5)16-21-8-10-27-11-9-21/h8-11,13-14,19-20,24,32H,12,15-18H2,1-5H3/t19-,20+,24+/m1/s1. The Hall–Kier alpha value is -2.99. The first-order valence-corrected chi connectivity index (χ1v) is 11.6. The second kappa shape index (κ2) is 11.9. The molecule has 1 aliphatic rings. The van der Waals surface area contributed by atoms with Gasteiger partial charge in [0.2, 0.25) is 5.88 Å². The van der Waals surface area contributed by atoms with Gasteiger partial charge in [-0.3, -0.25) is 19.6 Å². The van der Waals surface area contributed by atoms with E-state index < -0.39 is 0 Å². The van der Waals surface area contributed by atoms with Crippen molar-refractivity contribution in [2.24, 2.45) is 5.92 Å². The van der Waals surface area contributed by atoms with Crippen molar-refractivity contribution in [2.75, 3.05) is 47.4 Å². The number of likely N-dealkylation sites (N-methyl/N-ethyl adjacent to an activating group) is 1. The van der Waals surface area contributed by atoms with Crippen LogP contribution in [0.5, 0.6) is 5.88 Å². The summed E-state index contributed by atoms with van der Waals surface area (Å²) in [7, 11) is 5.95. The first-order chi connectivity index (χ1) is 16.3. The van der Waals surface area contributed by atoms with E-state index in [1.54, 1.807) is 29.6 Å². The lowest BCUT2D eigenvalue weighted by Gasteiger charge is -2.37. The molecule has 3 rings (SSSR count). The van der Waals surface area contributed by atoms with Gasteiger partial charge in [-0.05, 0) is 51.8 Å². The molecule has 0 spiro atoms. The maximum Gasteiger partial charge on any atom is 0.259 e. The highest BCUT2D eigenvalue weighted by molar-refractivity contribution is 5.97. The number of aliphatic hydroxyl groups is 1. The quantitative estimate of drug-likeness (QED) is 0.624. The number of amides is 1. The molecule has 2 aromatic rings. The van der Waals surface area contributed by atoms with Gasteiger partial charge in [0, 0.05) is 49.7 Å². The van der Waals surface area contributed by atoms with E-state index in [-0.39, 0.29) is 30.6 Å². The number of hydrogen-bond donors (Lipinski definition) is 1. The number of aromatic nitrogens is 2. The summed E-state index contributed by atoms with van der Waals surface area (Å²) in [6.45, 7) is 6.31. The molecule has 0 saturated carbocycles. The number of fused-ring (bicyclic) bond motifs is 1. The van der Waals surface area contributed by atoms with E-state index in [0.717, 1.165) is 6.54 Å². The van der Waals surface area contributed by atoms with Gasteiger partial charge in [-0.15, -0.1) is 0 Å². The van der Waals surface area contributed by atoms with E-state index in [4.69, 9.17) is 4.74 Å². The highest BCUT2D eigenvalue weighted by atomic mass is 16.5. The predicted molar refractivity (Wildman–Crippen MR) is 131 cm³/mol. The van der Waals surface area contributed by atoms with Crippen LogP contribution in [0.2, 0.25) is 0 Å². The third-order valence-electron chi connectivity index (χ3n) is 5.84. The van der Waals surface area contributed by atoms with Crippen LogP contribution in [0.3, 0.4) is 0 Å². The smallest absolute Gasteiger partial charge is 0.259 e. The second-order valence-corrected chi connectivity index (χ2v) is 9.29. The van der Waals surface area contributed by atoms with Crippen molar-refractivity contribution < 1.29 is 14.6 Å². The van der Waals surface area contributed by atoms with E-state index in [1.165, 1.54) is 5.56 Å². The number of ether oxygens (including phenoxy) is 1. The first-order valence-electron chi connectivity index (χ1n) is 11.6. The fourth-order valence-corrected chi connectivity index (χ4v) is 3.86. The Labute approximate surface area is 202 Å². The molecular weight excluding hydrogens is 430 g/mol. The molecule has 0 aromatic carbocycles. The van der Waals surface area contributed by atoms with Gasteiger partial charge < -0.3 is 14.7 Å². The number of nitrogens with zero attached hydrogens (tertiary/aromatic N) is 5. The van der Waals surface area contributed by atoms with Crippen LogP contribution in [-0.4, -0.2) is 95.2 Å². The average Bonchev–Trinajstić information content (AvgIpc) is 2.81. The van der Waals surface area contributed by atoms with Crippen molar-refractivity contribution >= 4 is 5.91 Å². The summed E-state index contributed by atoms with van der Waals surface area (Å²) in [5.74, 6) is 6.31. The molecule has 3 heterocycles. The Morgan fingerprint density at radius 1 is 1.29 bits per heavy atom. The Balaban J connectivity index is 1.89. The topological polar surface area (TPSA) is 82.0 Å². The Kier molecular flexibility index (Phi) is 8.99. The van der Waals surface area contributed by atoms with Gasteiger partial charge >= 0.3 is 0 Å². The number of pyridine rings is 2. The van der Waals surface area contributed by atoms with Gasteiger partial charge in [-0.1, -0.05) is 18.8 Å². The molecule has 0 unspecified atom stereocenters. The van der Waals surface area contributed by atoms with Crippen LogP contribution >= 0.6 is 0 Å². The van der Waals surface area contributed by atoms with Gasteiger partial charge in [0.05, 0.1) is 19.2 Å². The summed E-state index contributed by atoms with van der Waals surface area (Å²) in [5.41, 5.74) is 2.21. The molecule has 1 N–H and O–H groups in total. The van der Waals surface area contributed by atoms with Crippen LogP contribution in [-0.2, 0) is 6.54 Å². The zero-order valence-corrected chi connectivity index (χ0v) is 20.7. The maximum absolute atomic E-state index is 13.5. The number of rotatable bonds is 7. The third-order valence-corrected chi connectivity index (χ3v) is 5.84. The minimum atomic E-state index is -0.320. The zero-order valence-electron chi connectivity index (χ0n) is 20.7. The molecule has 1 aliphatic heterocycles. The normalized spacial score (nSPS) is 19.1. The van der Waals surface area contributed by atoms with Crippen molar-refractivity contribution in [1.82, 2.24) is 24.7 Å². The lowest BCUT2D eigenvalue weighted by Crippen LogP contribution is -2.49. The molecule has 3 atom stereocenters. The molecule has 2 aromatic heterocycles. The van der Waals surface area contributed by atoms with Crippen LogP contribution in [0.25, 0.3) is 0 Å². The Morgan fingerprint density at radius 3 is 2.71 bits per heavy atom. The highest BCUT2D eigenvalue weighted by Gasteiger charge is 2.34. The molecule has 0 saturated heterocycles. The molecule has 0 fully saturated rings. The minimum Gasteiger partial charge on any atom is -0.472 e. The largest absolute Gasteiger partial charge is 0.472 e. The summed E-state index contributed by atoms with van der Waals surface area (Å²) >= 11 is 0. The summed E-state index contributed by atoms with van der Waals surface area (Å²) < 4.78 is 6.36. The zero-order chi connectivity index (χ0) is 24.7. The number of carbonyl (C=O) groups excluding carboxylic acids is 1. The SMILES string of the molecule is C[C@@H]1CN([C@@H](C)CO)C(=O)c2cc(C#CCN(C)C)cnc2O[C@H]1CN(C)Cc1ccncc1. The number of aliphatic hydroxyl groups excluding tert-OH is 1. The molecule has 8 nitrogen and oxygen atoms in total. The van der Waals surface area contributed by atoms with Crippen LogP contribution in [0.15, 0.2) is 36.8 Å². The molecule has 8 heteroatoms. The third kappa shape index (κ3) is 6.76. The van der Waals surface area contributed by atoms with Gasteiger partial charge in [-0.25, -0.2) is 4.98 Å². The van der Waals surface area contributed by atoms with Crippen molar-refractivity contribution in [3.8, 4) is 17.7 Å². The predicted octanol–water partition coefficient (Wildman–Crippen LogP) is 1.74. The van der Waals surface area contributed by atoms with Crippen LogP contribution < -0.4 is 4.74 Å². The maximum atomic E-state index is 13.5. The fourth-order valence-electron chi connectivity index (χ4n) is 3.86. The summed E-state index contributed by atoms with van der Waals surface area (Å²) in [4.78, 5) is 27.9. The van der Waals surface area contributed by atoms with Crippen molar-refractivity contribution in [3.63, 3.8) is 0 Å². The molecular formula is C26H35N5O3. The summed E-state index contributed by atoms with van der Waals surface area (Å²) in [6, 6.07) is 5.42. The van der Waals surface area contributed by atoms with E-state index in [0.29, 0.717) is 36.6 Å². The summed E-state index contributed by atoms with van der Waals surface area (Å²) in [6.07, 6.45) is 5.04. The van der Waals surface area contributed by atoms with Crippen molar-refractivity contribution in [3.05, 3.63) is 53.5 Å². The number of hydrogen-bond acceptors (Lipinski definition) is 7. The van der Waals surface area contributed by atoms with Gasteiger partial charge in [0.15, 0.2) is 0 Å². The van der Waals surface area contributed by atoms with Crippen molar-refractivity contribution in [1.29, 1.82) is 0 Å². The summed E-state index contributed by atoms with van der Waals surface area (Å²) in [5, 5.41) is 9.82. The van der Waals surface area contributed by atoms with Gasteiger partial charge in [0.1, 0.15) is 11.7 Å². The minimum absolute atomic E-state index is 0.0346. The fraction of sp³-hybridized carbons (Fsp3) is 0.500. The van der Waals surface area contributed by atoms with Gasteiger partial charge in [0.25, 0.3) is 5.91 Å². The van der Waals surface area contributed by atoms with Gasteiger partial charge in [-0.2, -0.15) is 0 Å². The lowest BCUT2D eigenvalue weighted by atomic mass is 9.99. The second-order valence-electron chi connectivity index (χ2n) is 9.29. The molecule has 0 bridgehead atoms. The van der Waals surface area contributed by atoms with Crippen LogP contribution in [0.4, 0.5) is 0 Å². The molecule has 0 radical (unpaired) electrons. The molecule has 182 valence electrons. The number of carbonyl (C=O) groups is 1. The van der Waals surface area contributed by atoms with E-state index in [2.05, 4.69) is 33.6 Å². The first kappa shape index (κ1) is 25.6. The van der Waals surface area contributed by atoms with Crippen LogP contribution in [0.1, 0.15) is 35.3 Å². The Morgan fingerprint density at radius 2 is 2.03 bits per heavy atom. The van der Waals surface area contributed by atoms with E-state index >= 15 is 0 Å². The van der Waals surface area contributed by atoms with Crippen LogP contribution in [0, 0.1) is 17.8 Å². The molecule has 0 aliphatic carbocycles. The monoisotopic (exact) mass is 465 g/mol. The molecule has 1 amide bonds.